The highest BCUT2D eigenvalue weighted by atomic mass is 32.2. The molecule has 0 spiro atoms. The molecular formula is C18H24O6S. The quantitative estimate of drug-likeness (QED) is 0.539. The molecule has 0 amide bonds. The third-order valence-corrected chi connectivity index (χ3v) is 6.30. The van der Waals surface area contributed by atoms with Gasteiger partial charge in [-0.1, -0.05) is 30.3 Å². The van der Waals surface area contributed by atoms with Gasteiger partial charge in [-0.3, -0.25) is 9.59 Å². The van der Waals surface area contributed by atoms with Crippen molar-refractivity contribution < 1.29 is 27.5 Å². The summed E-state index contributed by atoms with van der Waals surface area (Å²) in [5.74, 6) is -2.32. The van der Waals surface area contributed by atoms with Gasteiger partial charge in [-0.2, -0.15) is 0 Å². The van der Waals surface area contributed by atoms with Crippen molar-refractivity contribution in [1.29, 1.82) is 0 Å². The Hall–Kier alpha value is -1.89. The van der Waals surface area contributed by atoms with Crippen molar-refractivity contribution in [3.8, 4) is 0 Å². The number of ether oxygens (including phenoxy) is 2. The molecule has 0 saturated carbocycles. The minimum Gasteiger partial charge on any atom is -0.465 e. The Morgan fingerprint density at radius 2 is 1.64 bits per heavy atom. The molecule has 0 aromatic heterocycles. The molecule has 0 aliphatic carbocycles. The highest BCUT2D eigenvalue weighted by molar-refractivity contribution is 7.91. The molecule has 1 aromatic carbocycles. The van der Waals surface area contributed by atoms with Crippen molar-refractivity contribution in [3.05, 3.63) is 35.9 Å². The maximum atomic E-state index is 12.9. The van der Waals surface area contributed by atoms with E-state index in [9.17, 15) is 18.0 Å². The standard InChI is InChI=1S/C18H24O6S/c1-3-23-16(19)18(17(20)24-4-2,12-14-8-6-5-7-9-14)15-10-11-25(21,22)13-15/h5-9,15H,3-4,10-13H2,1-2H3. The fourth-order valence-electron chi connectivity index (χ4n) is 3.33. The van der Waals surface area contributed by atoms with Crippen LogP contribution in [0.25, 0.3) is 0 Å². The highest BCUT2D eigenvalue weighted by Crippen LogP contribution is 2.41. The Bertz CT molecular complexity index is 692. The number of carbonyl (C=O) groups excluding carboxylic acids is 2. The molecule has 6 nitrogen and oxygen atoms in total. The van der Waals surface area contributed by atoms with Crippen molar-refractivity contribution >= 4 is 21.8 Å². The summed E-state index contributed by atoms with van der Waals surface area (Å²) < 4.78 is 34.4. The predicted molar refractivity (Wildman–Crippen MR) is 92.6 cm³/mol. The normalized spacial score (nSPS) is 19.4. The zero-order chi connectivity index (χ0) is 18.5. The second-order valence-corrected chi connectivity index (χ2v) is 8.40. The van der Waals surface area contributed by atoms with Crippen molar-refractivity contribution in [2.24, 2.45) is 11.3 Å². The summed E-state index contributed by atoms with van der Waals surface area (Å²) in [5.41, 5.74) is -0.885. The lowest BCUT2D eigenvalue weighted by molar-refractivity contribution is -0.176. The summed E-state index contributed by atoms with van der Waals surface area (Å²) in [5, 5.41) is 0. The molecule has 1 saturated heterocycles. The van der Waals surface area contributed by atoms with Gasteiger partial charge in [0.2, 0.25) is 0 Å². The average molecular weight is 368 g/mol. The number of hydrogen-bond acceptors (Lipinski definition) is 6. The van der Waals surface area contributed by atoms with E-state index < -0.39 is 33.1 Å². The van der Waals surface area contributed by atoms with Crippen LogP contribution in [0, 0.1) is 11.3 Å². The first-order valence-electron chi connectivity index (χ1n) is 8.44. The molecular weight excluding hydrogens is 344 g/mol. The number of rotatable bonds is 7. The van der Waals surface area contributed by atoms with Crippen LogP contribution in [0.5, 0.6) is 0 Å². The van der Waals surface area contributed by atoms with Crippen molar-refractivity contribution in [2.45, 2.75) is 26.7 Å². The van der Waals surface area contributed by atoms with Crippen LogP contribution in [0.2, 0.25) is 0 Å². The zero-order valence-corrected chi connectivity index (χ0v) is 15.4. The second kappa shape index (κ2) is 7.99. The Labute approximate surface area is 148 Å². The largest absolute Gasteiger partial charge is 0.465 e. The summed E-state index contributed by atoms with van der Waals surface area (Å²) in [4.78, 5) is 25.7. The van der Waals surface area contributed by atoms with Gasteiger partial charge in [0.15, 0.2) is 15.3 Å². The molecule has 0 radical (unpaired) electrons. The number of hydrogen-bond donors (Lipinski definition) is 0. The van der Waals surface area contributed by atoms with Gasteiger partial charge >= 0.3 is 11.9 Å². The predicted octanol–water partition coefficient (Wildman–Crippen LogP) is 1.78. The average Bonchev–Trinajstić information content (AvgIpc) is 2.94. The lowest BCUT2D eigenvalue weighted by Crippen LogP contribution is -2.50. The molecule has 138 valence electrons. The molecule has 1 unspecified atom stereocenters. The van der Waals surface area contributed by atoms with Crippen molar-refractivity contribution in [1.82, 2.24) is 0 Å². The van der Waals surface area contributed by atoms with Crippen LogP contribution < -0.4 is 0 Å². The van der Waals surface area contributed by atoms with Crippen molar-refractivity contribution in [3.63, 3.8) is 0 Å². The summed E-state index contributed by atoms with van der Waals surface area (Å²) in [6, 6.07) is 9.05. The number of benzene rings is 1. The number of carbonyl (C=O) groups is 2. The van der Waals surface area contributed by atoms with Gasteiger partial charge in [0.25, 0.3) is 0 Å². The summed E-state index contributed by atoms with van der Waals surface area (Å²) >= 11 is 0. The van der Waals surface area contributed by atoms with Gasteiger partial charge in [0.05, 0.1) is 24.7 Å². The van der Waals surface area contributed by atoms with Gasteiger partial charge in [0, 0.05) is 5.92 Å². The third-order valence-electron chi connectivity index (χ3n) is 4.53. The van der Waals surface area contributed by atoms with Crippen molar-refractivity contribution in [2.75, 3.05) is 24.7 Å². The van der Waals surface area contributed by atoms with Gasteiger partial charge < -0.3 is 9.47 Å². The number of sulfone groups is 1. The van der Waals surface area contributed by atoms with E-state index in [0.29, 0.717) is 0 Å². The third kappa shape index (κ3) is 4.21. The van der Waals surface area contributed by atoms with Crippen LogP contribution in [0.15, 0.2) is 30.3 Å². The fraction of sp³-hybridized carbons (Fsp3) is 0.556. The Morgan fingerprint density at radius 3 is 2.08 bits per heavy atom. The smallest absolute Gasteiger partial charge is 0.324 e. The summed E-state index contributed by atoms with van der Waals surface area (Å²) in [6.07, 6.45) is 0.304. The molecule has 0 bridgehead atoms. The first-order chi connectivity index (χ1) is 11.9. The van der Waals surface area contributed by atoms with Crippen LogP contribution in [-0.4, -0.2) is 45.1 Å². The maximum absolute atomic E-state index is 12.9. The minimum atomic E-state index is -3.28. The molecule has 1 aromatic rings. The number of esters is 2. The molecule has 0 N–H and O–H groups in total. The first kappa shape index (κ1) is 19.4. The van der Waals surface area contributed by atoms with Crippen LogP contribution in [0.3, 0.4) is 0 Å². The SMILES string of the molecule is CCOC(=O)C(Cc1ccccc1)(C(=O)OCC)C1CCS(=O)(=O)C1. The lowest BCUT2D eigenvalue weighted by Gasteiger charge is -2.34. The van der Waals surface area contributed by atoms with Crippen LogP contribution in [0.4, 0.5) is 0 Å². The molecule has 2 rings (SSSR count). The van der Waals surface area contributed by atoms with Gasteiger partial charge in [-0.15, -0.1) is 0 Å². The molecule has 1 heterocycles. The molecule has 1 aliphatic heterocycles. The van der Waals surface area contributed by atoms with Gasteiger partial charge in [-0.05, 0) is 32.3 Å². The van der Waals surface area contributed by atoms with E-state index in [4.69, 9.17) is 9.47 Å². The van der Waals surface area contributed by atoms with E-state index in [1.54, 1.807) is 26.0 Å². The molecule has 1 aliphatic rings. The van der Waals surface area contributed by atoms with Crippen LogP contribution in [0.1, 0.15) is 25.8 Å². The molecule has 1 fully saturated rings. The Kier molecular flexibility index (Phi) is 6.21. The van der Waals surface area contributed by atoms with E-state index in [2.05, 4.69) is 0 Å². The zero-order valence-electron chi connectivity index (χ0n) is 14.6. The minimum absolute atomic E-state index is 0.0347. The van der Waals surface area contributed by atoms with E-state index >= 15 is 0 Å². The van der Waals surface area contributed by atoms with E-state index in [-0.39, 0.29) is 37.6 Å². The summed E-state index contributed by atoms with van der Waals surface area (Å²) in [6.45, 7) is 3.52. The maximum Gasteiger partial charge on any atom is 0.324 e. The summed E-state index contributed by atoms with van der Waals surface area (Å²) in [7, 11) is -3.28. The van der Waals surface area contributed by atoms with E-state index in [0.717, 1.165) is 5.56 Å². The Morgan fingerprint density at radius 1 is 1.08 bits per heavy atom. The molecule has 7 heteroatoms. The van der Waals surface area contributed by atoms with E-state index in [1.165, 1.54) is 0 Å². The molecule has 1 atom stereocenters. The second-order valence-electron chi connectivity index (χ2n) is 6.17. The topological polar surface area (TPSA) is 86.7 Å². The Balaban J connectivity index is 2.52. The molecule has 25 heavy (non-hydrogen) atoms. The lowest BCUT2D eigenvalue weighted by atomic mass is 9.70. The van der Waals surface area contributed by atoms with Gasteiger partial charge in [0.1, 0.15) is 0 Å². The van der Waals surface area contributed by atoms with Crippen LogP contribution >= 0.6 is 0 Å². The monoisotopic (exact) mass is 368 g/mol. The van der Waals surface area contributed by atoms with Crippen LogP contribution in [-0.2, 0) is 35.3 Å². The first-order valence-corrected chi connectivity index (χ1v) is 10.3. The highest BCUT2D eigenvalue weighted by Gasteiger charge is 2.57. The van der Waals surface area contributed by atoms with E-state index in [1.807, 2.05) is 18.2 Å². The van der Waals surface area contributed by atoms with Gasteiger partial charge in [-0.25, -0.2) is 8.42 Å². The fourth-order valence-corrected chi connectivity index (χ4v) is 5.20.